The summed E-state index contributed by atoms with van der Waals surface area (Å²) in [6.07, 6.45) is 1.03. The third-order valence-electron chi connectivity index (χ3n) is 2.56. The van der Waals surface area contributed by atoms with Crippen LogP contribution in [0.1, 0.15) is 23.7 Å². The van der Waals surface area contributed by atoms with Crippen molar-refractivity contribution in [2.75, 3.05) is 19.0 Å². The van der Waals surface area contributed by atoms with Crippen LogP contribution in [-0.4, -0.2) is 25.0 Å². The zero-order valence-corrected chi connectivity index (χ0v) is 11.7. The average molecular weight is 301 g/mol. The first-order valence-corrected chi connectivity index (χ1v) is 6.71. The normalized spacial score (nSPS) is 11.9. The number of esters is 1. The van der Waals surface area contributed by atoms with Gasteiger partial charge in [-0.05, 0) is 18.6 Å². The molecule has 0 aliphatic carbocycles. The van der Waals surface area contributed by atoms with Gasteiger partial charge in [-0.1, -0.05) is 35.0 Å². The first-order valence-electron chi connectivity index (χ1n) is 5.59. The summed E-state index contributed by atoms with van der Waals surface area (Å²) in [4.78, 5) is 11.5. The zero-order chi connectivity index (χ0) is 12.7. The molecule has 3 nitrogen and oxygen atoms in total. The van der Waals surface area contributed by atoms with E-state index in [0.29, 0.717) is 23.8 Å². The van der Waals surface area contributed by atoms with Gasteiger partial charge in [0.25, 0.3) is 0 Å². The van der Waals surface area contributed by atoms with Crippen molar-refractivity contribution in [2.24, 2.45) is 5.92 Å². The standard InChI is InChI=1S/C13H17BrO3/c1-3-10(8-14)9-17-12-7-5-4-6-11(12)13(15)16-2/h4-7,10H,3,8-9H2,1-2H3. The van der Waals surface area contributed by atoms with E-state index in [-0.39, 0.29) is 5.97 Å². The van der Waals surface area contributed by atoms with E-state index in [0.717, 1.165) is 11.8 Å². The number of carbonyl (C=O) groups excluding carboxylic acids is 1. The summed E-state index contributed by atoms with van der Waals surface area (Å²) >= 11 is 3.44. The molecule has 1 aromatic rings. The predicted molar refractivity (Wildman–Crippen MR) is 70.9 cm³/mol. The number of rotatable bonds is 6. The third-order valence-corrected chi connectivity index (χ3v) is 3.48. The minimum Gasteiger partial charge on any atom is -0.492 e. The molecule has 0 bridgehead atoms. The quantitative estimate of drug-likeness (QED) is 0.597. The second kappa shape index (κ2) is 7.33. The molecule has 0 heterocycles. The number of halogens is 1. The van der Waals surface area contributed by atoms with Crippen LogP contribution in [-0.2, 0) is 4.74 Å². The average Bonchev–Trinajstić information content (AvgIpc) is 2.39. The Hall–Kier alpha value is -1.03. The Balaban J connectivity index is 2.73. The second-order valence-corrected chi connectivity index (χ2v) is 4.37. The summed E-state index contributed by atoms with van der Waals surface area (Å²) < 4.78 is 10.4. The number of benzene rings is 1. The van der Waals surface area contributed by atoms with E-state index < -0.39 is 0 Å². The van der Waals surface area contributed by atoms with E-state index in [9.17, 15) is 4.79 Å². The molecule has 0 saturated heterocycles. The Bertz CT molecular complexity index is 361. The van der Waals surface area contributed by atoms with Crippen LogP contribution >= 0.6 is 15.9 Å². The molecule has 17 heavy (non-hydrogen) atoms. The predicted octanol–water partition coefficient (Wildman–Crippen LogP) is 3.27. The first kappa shape index (κ1) is 14.0. The molecular weight excluding hydrogens is 284 g/mol. The molecule has 1 unspecified atom stereocenters. The van der Waals surface area contributed by atoms with Gasteiger partial charge < -0.3 is 9.47 Å². The fraction of sp³-hybridized carbons (Fsp3) is 0.462. The van der Waals surface area contributed by atoms with Gasteiger partial charge in [0.15, 0.2) is 0 Å². The van der Waals surface area contributed by atoms with E-state index in [4.69, 9.17) is 9.47 Å². The largest absolute Gasteiger partial charge is 0.492 e. The van der Waals surface area contributed by atoms with Gasteiger partial charge in [0.1, 0.15) is 11.3 Å². The van der Waals surface area contributed by atoms with Crippen LogP contribution < -0.4 is 4.74 Å². The lowest BCUT2D eigenvalue weighted by atomic mass is 10.1. The van der Waals surface area contributed by atoms with E-state index in [1.807, 2.05) is 6.07 Å². The van der Waals surface area contributed by atoms with Gasteiger partial charge in [0, 0.05) is 11.2 Å². The fourth-order valence-corrected chi connectivity index (χ4v) is 1.99. The molecule has 0 spiro atoms. The molecule has 1 aromatic carbocycles. The van der Waals surface area contributed by atoms with Crippen LogP contribution in [0.5, 0.6) is 5.75 Å². The molecule has 0 N–H and O–H groups in total. The van der Waals surface area contributed by atoms with Gasteiger partial charge in [0.2, 0.25) is 0 Å². The summed E-state index contributed by atoms with van der Waals surface area (Å²) in [5.41, 5.74) is 0.472. The van der Waals surface area contributed by atoms with Crippen molar-refractivity contribution in [2.45, 2.75) is 13.3 Å². The summed E-state index contributed by atoms with van der Waals surface area (Å²) in [5, 5.41) is 0.893. The minimum atomic E-state index is -0.368. The van der Waals surface area contributed by atoms with Crippen molar-refractivity contribution < 1.29 is 14.3 Å². The van der Waals surface area contributed by atoms with Gasteiger partial charge in [-0.3, -0.25) is 0 Å². The van der Waals surface area contributed by atoms with Crippen molar-refractivity contribution in [1.29, 1.82) is 0 Å². The van der Waals surface area contributed by atoms with Crippen molar-refractivity contribution in [3.05, 3.63) is 29.8 Å². The van der Waals surface area contributed by atoms with Gasteiger partial charge in [-0.25, -0.2) is 4.79 Å². The van der Waals surface area contributed by atoms with E-state index in [1.165, 1.54) is 7.11 Å². The molecule has 0 radical (unpaired) electrons. The smallest absolute Gasteiger partial charge is 0.341 e. The molecule has 4 heteroatoms. The second-order valence-electron chi connectivity index (χ2n) is 3.73. The number of methoxy groups -OCH3 is 1. The lowest BCUT2D eigenvalue weighted by Gasteiger charge is -2.14. The third kappa shape index (κ3) is 4.04. The summed E-state index contributed by atoms with van der Waals surface area (Å²) in [7, 11) is 1.37. The highest BCUT2D eigenvalue weighted by atomic mass is 79.9. The van der Waals surface area contributed by atoms with Crippen molar-refractivity contribution >= 4 is 21.9 Å². The number of para-hydroxylation sites is 1. The Labute approximate surface area is 110 Å². The molecule has 1 atom stereocenters. The van der Waals surface area contributed by atoms with Crippen molar-refractivity contribution in [1.82, 2.24) is 0 Å². The molecule has 94 valence electrons. The van der Waals surface area contributed by atoms with Crippen molar-refractivity contribution in [3.8, 4) is 5.75 Å². The van der Waals surface area contributed by atoms with Crippen LogP contribution in [0.15, 0.2) is 24.3 Å². The van der Waals surface area contributed by atoms with E-state index >= 15 is 0 Å². The molecule has 0 saturated carbocycles. The highest BCUT2D eigenvalue weighted by molar-refractivity contribution is 9.09. The zero-order valence-electron chi connectivity index (χ0n) is 10.1. The highest BCUT2D eigenvalue weighted by Gasteiger charge is 2.13. The van der Waals surface area contributed by atoms with Crippen LogP contribution in [0.4, 0.5) is 0 Å². The number of ether oxygens (including phenoxy) is 2. The Morgan fingerprint density at radius 2 is 2.12 bits per heavy atom. The summed E-state index contributed by atoms with van der Waals surface area (Å²) in [5.74, 6) is 0.659. The maximum atomic E-state index is 11.5. The van der Waals surface area contributed by atoms with E-state index in [2.05, 4.69) is 22.9 Å². The topological polar surface area (TPSA) is 35.5 Å². The first-order chi connectivity index (χ1) is 8.22. The van der Waals surface area contributed by atoms with Crippen molar-refractivity contribution in [3.63, 3.8) is 0 Å². The Morgan fingerprint density at radius 3 is 2.71 bits per heavy atom. The lowest BCUT2D eigenvalue weighted by Crippen LogP contribution is -2.14. The molecule has 0 aromatic heterocycles. The number of hydrogen-bond acceptors (Lipinski definition) is 3. The van der Waals surface area contributed by atoms with Gasteiger partial charge in [-0.2, -0.15) is 0 Å². The molecular formula is C13H17BrO3. The SMILES string of the molecule is CCC(CBr)COc1ccccc1C(=O)OC. The van der Waals surface area contributed by atoms with Gasteiger partial charge >= 0.3 is 5.97 Å². The Morgan fingerprint density at radius 1 is 1.41 bits per heavy atom. The summed E-state index contributed by atoms with van der Waals surface area (Å²) in [6.45, 7) is 2.71. The molecule has 0 fully saturated rings. The Kier molecular flexibility index (Phi) is 6.05. The highest BCUT2D eigenvalue weighted by Crippen LogP contribution is 2.20. The minimum absolute atomic E-state index is 0.368. The fourth-order valence-electron chi connectivity index (χ4n) is 1.35. The monoisotopic (exact) mass is 300 g/mol. The summed E-state index contributed by atoms with van der Waals surface area (Å²) in [6, 6.07) is 7.13. The maximum Gasteiger partial charge on any atom is 0.341 e. The van der Waals surface area contributed by atoms with Crippen LogP contribution in [0.25, 0.3) is 0 Å². The van der Waals surface area contributed by atoms with Crippen LogP contribution in [0, 0.1) is 5.92 Å². The van der Waals surface area contributed by atoms with Gasteiger partial charge in [-0.15, -0.1) is 0 Å². The maximum absolute atomic E-state index is 11.5. The van der Waals surface area contributed by atoms with Crippen LogP contribution in [0.3, 0.4) is 0 Å². The molecule has 1 rings (SSSR count). The molecule has 0 aliphatic heterocycles. The molecule has 0 amide bonds. The van der Waals surface area contributed by atoms with E-state index in [1.54, 1.807) is 18.2 Å². The molecule has 0 aliphatic rings. The number of hydrogen-bond donors (Lipinski definition) is 0. The number of carbonyl (C=O) groups is 1. The lowest BCUT2D eigenvalue weighted by molar-refractivity contribution is 0.0595. The van der Waals surface area contributed by atoms with Crippen LogP contribution in [0.2, 0.25) is 0 Å². The number of alkyl halides is 1. The van der Waals surface area contributed by atoms with Gasteiger partial charge in [0.05, 0.1) is 13.7 Å².